The highest BCUT2D eigenvalue weighted by Crippen LogP contribution is 2.36. The molecule has 1 aliphatic rings. The maximum Gasteiger partial charge on any atom is 0.326 e. The van der Waals surface area contributed by atoms with E-state index in [4.69, 9.17) is 9.47 Å². The van der Waals surface area contributed by atoms with Crippen molar-refractivity contribution in [2.75, 3.05) is 24.7 Å². The number of carbonyl (C=O) groups excluding carboxylic acids is 2. The first-order valence-corrected chi connectivity index (χ1v) is 9.18. The number of carbonyl (C=O) groups is 2. The molecule has 6 nitrogen and oxygen atoms in total. The smallest absolute Gasteiger partial charge is 0.326 e. The van der Waals surface area contributed by atoms with Gasteiger partial charge in [0.15, 0.2) is 6.61 Å². The van der Waals surface area contributed by atoms with Crippen molar-refractivity contribution in [2.45, 2.75) is 26.7 Å². The number of hydrogen-bond donors (Lipinski definition) is 0. The predicted molar refractivity (Wildman–Crippen MR) is 96.0 cm³/mol. The number of hydrogen-bond acceptors (Lipinski definition) is 6. The number of anilines is 1. The van der Waals surface area contributed by atoms with Crippen molar-refractivity contribution in [3.8, 4) is 17.0 Å². The van der Waals surface area contributed by atoms with Crippen molar-refractivity contribution in [3.05, 3.63) is 28.6 Å². The molecular weight excluding hydrogens is 340 g/mol. The van der Waals surface area contributed by atoms with Gasteiger partial charge in [0, 0.05) is 10.9 Å². The molecule has 0 aliphatic carbocycles. The molecule has 0 radical (unpaired) electrons. The summed E-state index contributed by atoms with van der Waals surface area (Å²) in [5.41, 5.74) is 2.33. The minimum Gasteiger partial charge on any atom is -0.482 e. The van der Waals surface area contributed by atoms with Gasteiger partial charge in [-0.3, -0.25) is 14.5 Å². The van der Waals surface area contributed by atoms with Gasteiger partial charge < -0.3 is 9.47 Å². The molecule has 1 amide bonds. The number of ether oxygens (including phenoxy) is 2. The Bertz CT molecular complexity index is 787. The molecule has 3 rings (SSSR count). The van der Waals surface area contributed by atoms with Crippen LogP contribution in [0.15, 0.2) is 23.6 Å². The lowest BCUT2D eigenvalue weighted by Gasteiger charge is -2.28. The molecule has 1 aromatic carbocycles. The van der Waals surface area contributed by atoms with Gasteiger partial charge in [-0.15, -0.1) is 11.3 Å². The zero-order valence-electron chi connectivity index (χ0n) is 14.3. The van der Waals surface area contributed by atoms with Crippen LogP contribution >= 0.6 is 11.3 Å². The fourth-order valence-electron chi connectivity index (χ4n) is 2.64. The van der Waals surface area contributed by atoms with Gasteiger partial charge in [-0.05, 0) is 38.0 Å². The molecular formula is C18H20N2O4S. The Morgan fingerprint density at radius 1 is 1.40 bits per heavy atom. The van der Waals surface area contributed by atoms with Gasteiger partial charge in [-0.1, -0.05) is 6.92 Å². The largest absolute Gasteiger partial charge is 0.482 e. The summed E-state index contributed by atoms with van der Waals surface area (Å²) in [6.07, 6.45) is 2.00. The van der Waals surface area contributed by atoms with Crippen LogP contribution in [0.2, 0.25) is 0 Å². The van der Waals surface area contributed by atoms with E-state index in [0.717, 1.165) is 29.1 Å². The average molecular weight is 360 g/mol. The zero-order valence-corrected chi connectivity index (χ0v) is 15.1. The lowest BCUT2D eigenvalue weighted by atomic mass is 10.1. The van der Waals surface area contributed by atoms with Gasteiger partial charge >= 0.3 is 5.97 Å². The van der Waals surface area contributed by atoms with E-state index in [9.17, 15) is 9.59 Å². The number of esters is 1. The standard InChI is InChI=1S/C18H20N2O4S/c1-3-5-16-19-13(11-25-16)12-6-7-15-14(8-12)20(17(21)10-24-15)9-18(22)23-4-2/h6-8,11H,3-5,9-10H2,1-2H3. The Morgan fingerprint density at radius 3 is 3.00 bits per heavy atom. The monoisotopic (exact) mass is 360 g/mol. The number of benzene rings is 1. The molecule has 2 heterocycles. The Labute approximate surface area is 150 Å². The van der Waals surface area contributed by atoms with Gasteiger partial charge in [0.05, 0.1) is 23.0 Å². The van der Waals surface area contributed by atoms with Crippen molar-refractivity contribution in [3.63, 3.8) is 0 Å². The molecule has 0 spiro atoms. The van der Waals surface area contributed by atoms with Gasteiger partial charge in [-0.2, -0.15) is 0 Å². The summed E-state index contributed by atoms with van der Waals surface area (Å²) < 4.78 is 10.4. The lowest BCUT2D eigenvalue weighted by Crippen LogP contribution is -2.42. The average Bonchev–Trinajstić information content (AvgIpc) is 3.06. The molecule has 2 aromatic rings. The van der Waals surface area contributed by atoms with E-state index in [2.05, 4.69) is 11.9 Å². The van der Waals surface area contributed by atoms with Crippen molar-refractivity contribution < 1.29 is 19.1 Å². The maximum absolute atomic E-state index is 12.2. The van der Waals surface area contributed by atoms with E-state index in [1.165, 1.54) is 4.90 Å². The molecule has 132 valence electrons. The first-order valence-electron chi connectivity index (χ1n) is 8.30. The second-order valence-corrected chi connectivity index (χ2v) is 6.58. The Kier molecular flexibility index (Phi) is 5.33. The fraction of sp³-hybridized carbons (Fsp3) is 0.389. The first kappa shape index (κ1) is 17.4. The van der Waals surface area contributed by atoms with Crippen LogP contribution in [0.4, 0.5) is 5.69 Å². The van der Waals surface area contributed by atoms with Crippen molar-refractivity contribution >= 4 is 28.9 Å². The summed E-state index contributed by atoms with van der Waals surface area (Å²) in [4.78, 5) is 30.1. The summed E-state index contributed by atoms with van der Waals surface area (Å²) in [5.74, 6) is -0.118. The quantitative estimate of drug-likeness (QED) is 0.741. The summed E-state index contributed by atoms with van der Waals surface area (Å²) >= 11 is 1.63. The van der Waals surface area contributed by atoms with Crippen LogP contribution < -0.4 is 9.64 Å². The Morgan fingerprint density at radius 2 is 2.24 bits per heavy atom. The van der Waals surface area contributed by atoms with E-state index in [-0.39, 0.29) is 25.7 Å². The molecule has 0 N–H and O–H groups in total. The van der Waals surface area contributed by atoms with E-state index in [1.807, 2.05) is 23.6 Å². The summed E-state index contributed by atoms with van der Waals surface area (Å²) in [7, 11) is 0. The van der Waals surface area contributed by atoms with Gasteiger partial charge in [0.2, 0.25) is 0 Å². The highest BCUT2D eigenvalue weighted by atomic mass is 32.1. The lowest BCUT2D eigenvalue weighted by molar-refractivity contribution is -0.142. The molecule has 0 bridgehead atoms. The van der Waals surface area contributed by atoms with E-state index < -0.39 is 5.97 Å². The number of nitrogens with zero attached hydrogens (tertiary/aromatic N) is 2. The van der Waals surface area contributed by atoms with Crippen LogP contribution in [0.5, 0.6) is 5.75 Å². The number of aromatic nitrogens is 1. The minimum absolute atomic E-state index is 0.0803. The number of amides is 1. The third kappa shape index (κ3) is 3.82. The van der Waals surface area contributed by atoms with Crippen molar-refractivity contribution in [1.29, 1.82) is 0 Å². The van der Waals surface area contributed by atoms with Crippen LogP contribution in [0.1, 0.15) is 25.3 Å². The third-order valence-electron chi connectivity index (χ3n) is 3.81. The molecule has 0 fully saturated rings. The third-order valence-corrected chi connectivity index (χ3v) is 4.71. The molecule has 1 aliphatic heterocycles. The highest BCUT2D eigenvalue weighted by molar-refractivity contribution is 7.09. The van der Waals surface area contributed by atoms with Crippen LogP contribution in [-0.2, 0) is 20.7 Å². The second kappa shape index (κ2) is 7.65. The molecule has 1 aromatic heterocycles. The van der Waals surface area contributed by atoms with E-state index in [1.54, 1.807) is 18.3 Å². The summed E-state index contributed by atoms with van der Waals surface area (Å²) in [5, 5.41) is 3.10. The van der Waals surface area contributed by atoms with Crippen LogP contribution in [0, 0.1) is 0 Å². The topological polar surface area (TPSA) is 68.7 Å². The Balaban J connectivity index is 1.91. The number of thiazole rings is 1. The Hall–Kier alpha value is -2.41. The summed E-state index contributed by atoms with van der Waals surface area (Å²) in [6.45, 7) is 3.94. The summed E-state index contributed by atoms with van der Waals surface area (Å²) in [6, 6.07) is 5.58. The van der Waals surface area contributed by atoms with E-state index >= 15 is 0 Å². The normalized spacial score (nSPS) is 13.4. The van der Waals surface area contributed by atoms with Gasteiger partial charge in [0.1, 0.15) is 12.3 Å². The first-order chi connectivity index (χ1) is 12.1. The molecule has 25 heavy (non-hydrogen) atoms. The van der Waals surface area contributed by atoms with E-state index in [0.29, 0.717) is 11.4 Å². The van der Waals surface area contributed by atoms with Crippen LogP contribution in [0.3, 0.4) is 0 Å². The van der Waals surface area contributed by atoms with Crippen LogP contribution in [-0.4, -0.2) is 36.6 Å². The molecule has 7 heteroatoms. The van der Waals surface area contributed by atoms with Crippen molar-refractivity contribution in [1.82, 2.24) is 4.98 Å². The molecule has 0 saturated carbocycles. The predicted octanol–water partition coefficient (Wildman–Crippen LogP) is 3.05. The van der Waals surface area contributed by atoms with Gasteiger partial charge in [-0.25, -0.2) is 4.98 Å². The van der Waals surface area contributed by atoms with Crippen molar-refractivity contribution in [2.24, 2.45) is 0 Å². The molecule has 0 saturated heterocycles. The second-order valence-electron chi connectivity index (χ2n) is 5.63. The SMILES string of the molecule is CCCc1nc(-c2ccc3c(c2)N(CC(=O)OCC)C(=O)CO3)cs1. The maximum atomic E-state index is 12.2. The minimum atomic E-state index is -0.437. The zero-order chi connectivity index (χ0) is 17.8. The van der Waals surface area contributed by atoms with Crippen LogP contribution in [0.25, 0.3) is 11.3 Å². The number of aryl methyl sites for hydroxylation is 1. The molecule has 0 atom stereocenters. The highest BCUT2D eigenvalue weighted by Gasteiger charge is 2.28. The fourth-order valence-corrected chi connectivity index (χ4v) is 3.55. The number of rotatable bonds is 6. The number of fused-ring (bicyclic) bond motifs is 1. The van der Waals surface area contributed by atoms with Gasteiger partial charge in [0.25, 0.3) is 5.91 Å². The molecule has 0 unspecified atom stereocenters.